The van der Waals surface area contributed by atoms with Crippen molar-refractivity contribution in [2.24, 2.45) is 0 Å². The first-order valence-electron chi connectivity index (χ1n) is 13.2. The van der Waals surface area contributed by atoms with Gasteiger partial charge in [0.1, 0.15) is 5.69 Å². The van der Waals surface area contributed by atoms with Crippen molar-refractivity contribution in [3.05, 3.63) is 42.0 Å². The molecule has 0 radical (unpaired) electrons. The Labute approximate surface area is 217 Å². The average molecular weight is 508 g/mol. The van der Waals surface area contributed by atoms with Crippen LogP contribution in [-0.4, -0.2) is 99.5 Å². The summed E-state index contributed by atoms with van der Waals surface area (Å²) in [6.07, 6.45) is 6.80. The third-order valence-corrected chi connectivity index (χ3v) is 7.54. The van der Waals surface area contributed by atoms with Crippen LogP contribution in [0.4, 0.5) is 5.95 Å². The molecule has 2 N–H and O–H groups in total. The van der Waals surface area contributed by atoms with Crippen molar-refractivity contribution < 1.29 is 14.6 Å². The van der Waals surface area contributed by atoms with Crippen LogP contribution >= 0.6 is 0 Å². The number of carbonyl (C=O) groups excluding carboxylic acids is 1. The van der Waals surface area contributed by atoms with E-state index in [1.165, 1.54) is 0 Å². The molecule has 1 aliphatic carbocycles. The Bertz CT molecular complexity index is 1210. The van der Waals surface area contributed by atoms with Crippen LogP contribution in [0.15, 0.2) is 30.6 Å². The first-order valence-corrected chi connectivity index (χ1v) is 13.2. The number of aromatic nitrogens is 4. The summed E-state index contributed by atoms with van der Waals surface area (Å²) < 4.78 is 7.22. The zero-order chi connectivity index (χ0) is 25.9. The summed E-state index contributed by atoms with van der Waals surface area (Å²) in [6.45, 7) is 5.78. The van der Waals surface area contributed by atoms with E-state index in [9.17, 15) is 9.90 Å². The van der Waals surface area contributed by atoms with Crippen molar-refractivity contribution in [2.75, 3.05) is 52.3 Å². The highest BCUT2D eigenvalue weighted by Gasteiger charge is 2.26. The topological polar surface area (TPSA) is 108 Å². The highest BCUT2D eigenvalue weighted by molar-refractivity contribution is 5.93. The molecule has 37 heavy (non-hydrogen) atoms. The molecule has 0 spiro atoms. The van der Waals surface area contributed by atoms with Gasteiger partial charge in [0.25, 0.3) is 5.91 Å². The van der Waals surface area contributed by atoms with E-state index in [0.717, 1.165) is 74.2 Å². The lowest BCUT2D eigenvalue weighted by Gasteiger charge is -2.32. The van der Waals surface area contributed by atoms with Gasteiger partial charge in [-0.05, 0) is 51.8 Å². The predicted octanol–water partition coefficient (Wildman–Crippen LogP) is 2.64. The van der Waals surface area contributed by atoms with Gasteiger partial charge in [-0.1, -0.05) is 6.07 Å². The summed E-state index contributed by atoms with van der Waals surface area (Å²) in [5, 5.41) is 18.2. The molecule has 198 valence electrons. The van der Waals surface area contributed by atoms with Crippen molar-refractivity contribution in [1.82, 2.24) is 29.4 Å². The minimum atomic E-state index is -0.224. The van der Waals surface area contributed by atoms with Crippen LogP contribution in [0.2, 0.25) is 0 Å². The Morgan fingerprint density at radius 2 is 1.89 bits per heavy atom. The van der Waals surface area contributed by atoms with E-state index >= 15 is 0 Å². The van der Waals surface area contributed by atoms with Crippen LogP contribution < -0.4 is 5.32 Å². The number of nitrogens with one attached hydrogen (secondary N) is 1. The average Bonchev–Trinajstić information content (AvgIpc) is 3.28. The van der Waals surface area contributed by atoms with Gasteiger partial charge in [-0.25, -0.2) is 9.50 Å². The highest BCUT2D eigenvalue weighted by atomic mass is 16.5. The number of likely N-dealkylation sites (N-methyl/N-ethyl adjacent to an activating group) is 1. The van der Waals surface area contributed by atoms with E-state index in [1.54, 1.807) is 13.3 Å². The van der Waals surface area contributed by atoms with Gasteiger partial charge in [0.05, 0.1) is 24.4 Å². The van der Waals surface area contributed by atoms with Crippen molar-refractivity contribution in [3.63, 3.8) is 0 Å². The van der Waals surface area contributed by atoms with Gasteiger partial charge in [-0.15, -0.1) is 5.10 Å². The minimum Gasteiger partial charge on any atom is -0.393 e. The number of fused-ring (bicyclic) bond motifs is 1. The quantitative estimate of drug-likeness (QED) is 0.503. The van der Waals surface area contributed by atoms with Crippen molar-refractivity contribution in [2.45, 2.75) is 50.7 Å². The van der Waals surface area contributed by atoms with E-state index in [-0.39, 0.29) is 18.1 Å². The first-order chi connectivity index (χ1) is 17.9. The second kappa shape index (κ2) is 11.1. The lowest BCUT2D eigenvalue weighted by Crippen LogP contribution is -2.47. The number of aliphatic hydroxyl groups is 1. The number of nitrogens with zero attached hydrogens (tertiary/aromatic N) is 6. The summed E-state index contributed by atoms with van der Waals surface area (Å²) in [4.78, 5) is 26.2. The fourth-order valence-corrected chi connectivity index (χ4v) is 5.34. The predicted molar refractivity (Wildman–Crippen MR) is 142 cm³/mol. The molecule has 0 bridgehead atoms. The van der Waals surface area contributed by atoms with Crippen LogP contribution in [0.5, 0.6) is 0 Å². The maximum atomic E-state index is 13.0. The second-order valence-corrected chi connectivity index (χ2v) is 10.4. The van der Waals surface area contributed by atoms with Crippen molar-refractivity contribution in [3.8, 4) is 11.1 Å². The molecule has 1 atom stereocenters. The molecule has 4 heterocycles. The zero-order valence-electron chi connectivity index (χ0n) is 21.9. The molecule has 1 saturated heterocycles. The van der Waals surface area contributed by atoms with Crippen LogP contribution in [0.3, 0.4) is 0 Å². The van der Waals surface area contributed by atoms with Crippen LogP contribution in [0, 0.1) is 0 Å². The number of carbonyl (C=O) groups is 1. The van der Waals surface area contributed by atoms with E-state index in [1.807, 2.05) is 34.7 Å². The third-order valence-electron chi connectivity index (χ3n) is 7.54. The molecule has 0 unspecified atom stereocenters. The molecule has 3 aromatic heterocycles. The summed E-state index contributed by atoms with van der Waals surface area (Å²) in [6, 6.07) is 6.03. The lowest BCUT2D eigenvalue weighted by atomic mass is 9.85. The van der Waals surface area contributed by atoms with E-state index in [4.69, 9.17) is 9.84 Å². The molecule has 1 amide bonds. The summed E-state index contributed by atoms with van der Waals surface area (Å²) in [5.41, 5.74) is 4.38. The number of hydrogen-bond acceptors (Lipinski definition) is 8. The molecular formula is C27H37N7O3. The highest BCUT2D eigenvalue weighted by Crippen LogP contribution is 2.37. The van der Waals surface area contributed by atoms with Crippen LogP contribution in [0.25, 0.3) is 16.6 Å². The number of amides is 1. The largest absolute Gasteiger partial charge is 0.393 e. The van der Waals surface area contributed by atoms with Crippen LogP contribution in [0.1, 0.15) is 54.7 Å². The minimum absolute atomic E-state index is 0.0212. The normalized spacial score (nSPS) is 21.8. The molecular weight excluding hydrogens is 470 g/mol. The number of aliphatic hydroxyl groups excluding tert-OH is 1. The van der Waals surface area contributed by atoms with Gasteiger partial charge in [0.15, 0.2) is 0 Å². The molecule has 3 aromatic rings. The van der Waals surface area contributed by atoms with Gasteiger partial charge in [0, 0.05) is 68.3 Å². The van der Waals surface area contributed by atoms with Gasteiger partial charge in [0.2, 0.25) is 5.95 Å². The summed E-state index contributed by atoms with van der Waals surface area (Å²) in [5.74, 6) is 0.824. The van der Waals surface area contributed by atoms with Crippen molar-refractivity contribution in [1.29, 1.82) is 0 Å². The molecule has 10 nitrogen and oxygen atoms in total. The monoisotopic (exact) mass is 507 g/mol. The molecule has 2 aliphatic rings. The zero-order valence-corrected chi connectivity index (χ0v) is 21.9. The summed E-state index contributed by atoms with van der Waals surface area (Å²) in [7, 11) is 3.75. The molecule has 1 saturated carbocycles. The molecule has 0 aromatic carbocycles. The lowest BCUT2D eigenvalue weighted by molar-refractivity contribution is 0.0658. The Balaban J connectivity index is 1.45. The number of pyridine rings is 1. The van der Waals surface area contributed by atoms with Gasteiger partial charge in [-0.3, -0.25) is 9.78 Å². The number of anilines is 1. The molecule has 10 heteroatoms. The second-order valence-electron chi connectivity index (χ2n) is 10.4. The van der Waals surface area contributed by atoms with Gasteiger partial charge < -0.3 is 25.0 Å². The molecule has 1 aliphatic heterocycles. The number of ether oxygens (including phenoxy) is 1. The molecule has 2 fully saturated rings. The number of methoxy groups -OCH3 is 1. The SMILES string of the molecule is COC[C@H](C)Nc1ncc2c(-c3ccc(C(=O)N4CCN(C)CC4)nc3)cc(C3CCC(O)CC3)n2n1. The first kappa shape index (κ1) is 25.6. The van der Waals surface area contributed by atoms with Crippen LogP contribution in [-0.2, 0) is 4.74 Å². The van der Waals surface area contributed by atoms with Crippen molar-refractivity contribution >= 4 is 17.4 Å². The Morgan fingerprint density at radius 3 is 2.57 bits per heavy atom. The maximum absolute atomic E-state index is 13.0. The van der Waals surface area contributed by atoms with Gasteiger partial charge >= 0.3 is 0 Å². The summed E-state index contributed by atoms with van der Waals surface area (Å²) >= 11 is 0. The van der Waals surface area contributed by atoms with E-state index < -0.39 is 0 Å². The number of piperazine rings is 1. The molecule has 5 rings (SSSR count). The Hall–Kier alpha value is -3.08. The Morgan fingerprint density at radius 1 is 1.14 bits per heavy atom. The number of rotatable bonds is 7. The van der Waals surface area contributed by atoms with Gasteiger partial charge in [-0.2, -0.15) is 0 Å². The van der Waals surface area contributed by atoms with E-state index in [0.29, 0.717) is 24.2 Å². The number of hydrogen-bond donors (Lipinski definition) is 2. The fourth-order valence-electron chi connectivity index (χ4n) is 5.34. The smallest absolute Gasteiger partial charge is 0.272 e. The third kappa shape index (κ3) is 5.61. The van der Waals surface area contributed by atoms with E-state index in [2.05, 4.69) is 33.3 Å². The Kier molecular flexibility index (Phi) is 7.68. The standard InChI is InChI=1S/C27H37N7O3/c1-18(17-37-3)30-27-29-16-25-22(14-24(34(25)31-27)19-4-7-21(35)8-5-19)20-6-9-23(28-15-20)26(36)33-12-10-32(2)11-13-33/h6,9,14-16,18-19,21,35H,4-5,7-8,10-13,17H2,1-3H3,(H,30,31)/t18-,19?,21?/m0/s1. The fraction of sp³-hybridized carbons (Fsp3) is 0.556. The maximum Gasteiger partial charge on any atom is 0.272 e.